The van der Waals surface area contributed by atoms with Crippen LogP contribution in [0.15, 0.2) is 36.5 Å². The number of anilines is 3. The maximum atomic E-state index is 12.5. The number of nitrogens with zero attached hydrogens (tertiary/aromatic N) is 5. The minimum Gasteiger partial charge on any atom is -0.406 e. The van der Waals surface area contributed by atoms with Crippen LogP contribution in [0.25, 0.3) is 0 Å². The number of hydrogen-bond acceptors (Lipinski definition) is 6. The summed E-state index contributed by atoms with van der Waals surface area (Å²) in [4.78, 5) is 27.5. The Hall–Kier alpha value is -3.24. The van der Waals surface area contributed by atoms with Gasteiger partial charge in [-0.25, -0.2) is 9.78 Å². The molecule has 2 aliphatic heterocycles. The SMILES string of the molecule is O=C(Nc1ccc(OC(F)(F)F)cc1)N1CCN(c2ccnc(N3CCCC3)n2)CC1. The number of benzene rings is 1. The molecule has 2 aromatic rings. The highest BCUT2D eigenvalue weighted by molar-refractivity contribution is 5.89. The van der Waals surface area contributed by atoms with Crippen LogP contribution >= 0.6 is 0 Å². The molecule has 0 aliphatic carbocycles. The number of hydrogen-bond donors (Lipinski definition) is 1. The van der Waals surface area contributed by atoms with Crippen molar-refractivity contribution in [3.63, 3.8) is 0 Å². The second kappa shape index (κ2) is 8.86. The van der Waals surface area contributed by atoms with Gasteiger partial charge in [0.2, 0.25) is 5.95 Å². The molecule has 0 radical (unpaired) electrons. The van der Waals surface area contributed by atoms with Crippen molar-refractivity contribution in [1.82, 2.24) is 14.9 Å². The number of urea groups is 1. The van der Waals surface area contributed by atoms with Crippen LogP contribution in [-0.2, 0) is 0 Å². The number of piperazine rings is 1. The van der Waals surface area contributed by atoms with Gasteiger partial charge in [0, 0.05) is 51.2 Å². The minimum atomic E-state index is -4.75. The van der Waals surface area contributed by atoms with Crippen molar-refractivity contribution in [1.29, 1.82) is 0 Å². The van der Waals surface area contributed by atoms with E-state index in [4.69, 9.17) is 0 Å². The predicted octanol–water partition coefficient (Wildman–Crippen LogP) is 3.33. The fourth-order valence-electron chi connectivity index (χ4n) is 3.67. The molecule has 0 saturated carbocycles. The Morgan fingerprint density at radius 2 is 1.61 bits per heavy atom. The summed E-state index contributed by atoms with van der Waals surface area (Å²) in [5.41, 5.74) is 0.396. The molecule has 166 valence electrons. The second-order valence-corrected chi connectivity index (χ2v) is 7.39. The van der Waals surface area contributed by atoms with Crippen LogP contribution in [0.3, 0.4) is 0 Å². The number of nitrogens with one attached hydrogen (secondary N) is 1. The van der Waals surface area contributed by atoms with E-state index in [1.54, 1.807) is 11.1 Å². The lowest BCUT2D eigenvalue weighted by molar-refractivity contribution is -0.274. The van der Waals surface area contributed by atoms with Gasteiger partial charge >= 0.3 is 12.4 Å². The number of alkyl halides is 3. The topological polar surface area (TPSA) is 73.8 Å². The van der Waals surface area contributed by atoms with Crippen LogP contribution in [-0.4, -0.2) is 66.5 Å². The van der Waals surface area contributed by atoms with E-state index in [-0.39, 0.29) is 11.8 Å². The fraction of sp³-hybridized carbons (Fsp3) is 0.450. The number of aromatic nitrogens is 2. The molecule has 0 atom stereocenters. The highest BCUT2D eigenvalue weighted by Crippen LogP contribution is 2.24. The summed E-state index contributed by atoms with van der Waals surface area (Å²) in [5, 5.41) is 2.70. The summed E-state index contributed by atoms with van der Waals surface area (Å²) in [6.45, 7) is 4.21. The van der Waals surface area contributed by atoms with E-state index in [9.17, 15) is 18.0 Å². The van der Waals surface area contributed by atoms with Crippen LogP contribution in [0.5, 0.6) is 5.75 Å². The first-order valence-electron chi connectivity index (χ1n) is 10.1. The number of ether oxygens (including phenoxy) is 1. The lowest BCUT2D eigenvalue weighted by atomic mass is 10.3. The van der Waals surface area contributed by atoms with E-state index < -0.39 is 6.36 Å². The standard InChI is InChI=1S/C20H23F3N6O2/c21-20(22,23)31-16-5-3-15(4-6-16)25-19(30)29-13-11-27(12-14-29)17-7-8-24-18(26-17)28-9-1-2-10-28/h3-8H,1-2,9-14H2,(H,25,30). The molecule has 0 bridgehead atoms. The maximum absolute atomic E-state index is 12.5. The van der Waals surface area contributed by atoms with Crippen molar-refractivity contribution >= 4 is 23.5 Å². The zero-order valence-electron chi connectivity index (χ0n) is 16.8. The van der Waals surface area contributed by atoms with Crippen molar-refractivity contribution in [3.8, 4) is 5.75 Å². The van der Waals surface area contributed by atoms with Crippen LogP contribution in [0.4, 0.5) is 35.4 Å². The van der Waals surface area contributed by atoms with Gasteiger partial charge in [0.15, 0.2) is 0 Å². The Kier molecular flexibility index (Phi) is 6.01. The first-order chi connectivity index (χ1) is 14.9. The summed E-state index contributed by atoms with van der Waals surface area (Å²) in [6, 6.07) is 6.64. The van der Waals surface area contributed by atoms with Gasteiger partial charge in [-0.15, -0.1) is 13.2 Å². The molecule has 2 fully saturated rings. The summed E-state index contributed by atoms with van der Waals surface area (Å²) in [6.07, 6.45) is -0.677. The first-order valence-corrected chi connectivity index (χ1v) is 10.1. The van der Waals surface area contributed by atoms with Gasteiger partial charge in [-0.3, -0.25) is 0 Å². The van der Waals surface area contributed by atoms with Crippen molar-refractivity contribution < 1.29 is 22.7 Å². The first kappa shape index (κ1) is 21.0. The van der Waals surface area contributed by atoms with E-state index in [1.807, 2.05) is 6.07 Å². The summed E-state index contributed by atoms with van der Waals surface area (Å²) >= 11 is 0. The quantitative estimate of drug-likeness (QED) is 0.793. The molecule has 0 unspecified atom stereocenters. The highest BCUT2D eigenvalue weighted by Gasteiger charge is 2.31. The molecule has 1 aromatic heterocycles. The zero-order chi connectivity index (χ0) is 21.8. The molecule has 0 spiro atoms. The van der Waals surface area contributed by atoms with Gasteiger partial charge in [-0.05, 0) is 43.2 Å². The van der Waals surface area contributed by atoms with Crippen molar-refractivity contribution in [2.75, 3.05) is 54.4 Å². The third-order valence-electron chi connectivity index (χ3n) is 5.25. The number of carbonyl (C=O) groups is 1. The molecule has 2 saturated heterocycles. The molecule has 4 rings (SSSR count). The largest absolute Gasteiger partial charge is 0.573 e. The molecule has 11 heteroatoms. The van der Waals surface area contributed by atoms with Gasteiger partial charge in [0.1, 0.15) is 11.6 Å². The van der Waals surface area contributed by atoms with E-state index >= 15 is 0 Å². The normalized spacial score (nSPS) is 17.1. The van der Waals surface area contributed by atoms with Gasteiger partial charge in [0.05, 0.1) is 0 Å². The molecule has 8 nitrogen and oxygen atoms in total. The number of halogens is 3. The van der Waals surface area contributed by atoms with E-state index in [1.165, 1.54) is 12.1 Å². The Bertz CT molecular complexity index is 895. The van der Waals surface area contributed by atoms with E-state index in [0.717, 1.165) is 49.8 Å². The third-order valence-corrected chi connectivity index (χ3v) is 5.25. The summed E-state index contributed by atoms with van der Waals surface area (Å²) in [7, 11) is 0. The number of rotatable bonds is 4. The van der Waals surface area contributed by atoms with Crippen LogP contribution in [0.1, 0.15) is 12.8 Å². The average Bonchev–Trinajstić information content (AvgIpc) is 3.29. The third kappa shape index (κ3) is 5.47. The molecule has 2 amide bonds. The minimum absolute atomic E-state index is 0.301. The molecule has 1 aromatic carbocycles. The van der Waals surface area contributed by atoms with Crippen molar-refractivity contribution in [3.05, 3.63) is 36.5 Å². The van der Waals surface area contributed by atoms with Gasteiger partial charge in [-0.2, -0.15) is 4.98 Å². The average molecular weight is 436 g/mol. The summed E-state index contributed by atoms with van der Waals surface area (Å²) < 4.78 is 40.5. The Labute approximate surface area is 177 Å². The lowest BCUT2D eigenvalue weighted by Gasteiger charge is -2.35. The molecular weight excluding hydrogens is 413 g/mol. The van der Waals surface area contributed by atoms with Crippen LogP contribution < -0.4 is 19.9 Å². The number of carbonyl (C=O) groups excluding carboxylic acids is 1. The molecule has 3 heterocycles. The molecule has 31 heavy (non-hydrogen) atoms. The van der Waals surface area contributed by atoms with E-state index in [0.29, 0.717) is 31.9 Å². The second-order valence-electron chi connectivity index (χ2n) is 7.39. The summed E-state index contributed by atoms with van der Waals surface area (Å²) in [5.74, 6) is 1.25. The number of amides is 2. The van der Waals surface area contributed by atoms with Gasteiger partial charge < -0.3 is 24.8 Å². The smallest absolute Gasteiger partial charge is 0.406 e. The van der Waals surface area contributed by atoms with Crippen molar-refractivity contribution in [2.45, 2.75) is 19.2 Å². The Balaban J connectivity index is 1.29. The van der Waals surface area contributed by atoms with Crippen molar-refractivity contribution in [2.24, 2.45) is 0 Å². The maximum Gasteiger partial charge on any atom is 0.573 e. The monoisotopic (exact) mass is 436 g/mol. The highest BCUT2D eigenvalue weighted by atomic mass is 19.4. The Morgan fingerprint density at radius 1 is 0.935 bits per heavy atom. The van der Waals surface area contributed by atoms with Crippen LogP contribution in [0, 0.1) is 0 Å². The molecule has 2 aliphatic rings. The molecular formula is C20H23F3N6O2. The zero-order valence-corrected chi connectivity index (χ0v) is 16.8. The van der Waals surface area contributed by atoms with E-state index in [2.05, 4.69) is 29.8 Å². The lowest BCUT2D eigenvalue weighted by Crippen LogP contribution is -2.50. The van der Waals surface area contributed by atoms with Gasteiger partial charge in [0.25, 0.3) is 0 Å². The molecule has 1 N–H and O–H groups in total. The predicted molar refractivity (Wildman–Crippen MR) is 109 cm³/mol. The Morgan fingerprint density at radius 3 is 2.26 bits per heavy atom. The van der Waals surface area contributed by atoms with Crippen LogP contribution in [0.2, 0.25) is 0 Å². The fourth-order valence-corrected chi connectivity index (χ4v) is 3.67. The van der Waals surface area contributed by atoms with Gasteiger partial charge in [-0.1, -0.05) is 0 Å².